The minimum Gasteiger partial charge on any atom is -0.310 e. The second kappa shape index (κ2) is 7.62. The zero-order valence-electron chi connectivity index (χ0n) is 13.7. The molecule has 0 amide bonds. The molecule has 0 radical (unpaired) electrons. The van der Waals surface area contributed by atoms with E-state index in [0.717, 1.165) is 31.0 Å². The molecule has 0 spiro atoms. The molecule has 1 N–H and O–H groups in total. The molecular weight excluding hydrogens is 280 g/mol. The molecule has 118 valence electrons. The van der Waals surface area contributed by atoms with Crippen molar-refractivity contribution in [3.63, 3.8) is 0 Å². The van der Waals surface area contributed by atoms with Gasteiger partial charge in [-0.1, -0.05) is 30.7 Å². The SMILES string of the molecule is CCCNC(CCN1CCCC1(C)C)c1cccc(Cl)c1. The van der Waals surface area contributed by atoms with Crippen molar-refractivity contribution in [2.24, 2.45) is 0 Å². The predicted octanol–water partition coefficient (Wildman–Crippen LogP) is 4.65. The lowest BCUT2D eigenvalue weighted by atomic mass is 10.00. The molecule has 1 unspecified atom stereocenters. The van der Waals surface area contributed by atoms with E-state index in [9.17, 15) is 0 Å². The van der Waals surface area contributed by atoms with Crippen LogP contribution >= 0.6 is 11.6 Å². The molecule has 1 aliphatic rings. The Hall–Kier alpha value is -0.570. The topological polar surface area (TPSA) is 15.3 Å². The van der Waals surface area contributed by atoms with E-state index in [1.165, 1.54) is 24.9 Å². The number of rotatable bonds is 7. The third kappa shape index (κ3) is 4.70. The van der Waals surface area contributed by atoms with Gasteiger partial charge in [-0.2, -0.15) is 0 Å². The summed E-state index contributed by atoms with van der Waals surface area (Å²) >= 11 is 6.16. The van der Waals surface area contributed by atoms with Crippen LogP contribution in [0.15, 0.2) is 24.3 Å². The van der Waals surface area contributed by atoms with Gasteiger partial charge in [0.25, 0.3) is 0 Å². The molecule has 1 heterocycles. The molecule has 2 nitrogen and oxygen atoms in total. The molecule has 0 saturated carbocycles. The fraction of sp³-hybridized carbons (Fsp3) is 0.667. The third-order valence-electron chi connectivity index (χ3n) is 4.65. The van der Waals surface area contributed by atoms with E-state index in [-0.39, 0.29) is 0 Å². The first-order chi connectivity index (χ1) is 10.0. The minimum absolute atomic E-state index is 0.365. The van der Waals surface area contributed by atoms with E-state index in [2.05, 4.69) is 49.2 Å². The van der Waals surface area contributed by atoms with Crippen LogP contribution in [0.2, 0.25) is 5.02 Å². The lowest BCUT2D eigenvalue weighted by molar-refractivity contribution is 0.166. The maximum absolute atomic E-state index is 6.16. The van der Waals surface area contributed by atoms with Crippen LogP contribution in [0.1, 0.15) is 58.1 Å². The van der Waals surface area contributed by atoms with E-state index in [1.807, 2.05) is 6.07 Å². The molecule has 0 aliphatic carbocycles. The summed E-state index contributed by atoms with van der Waals surface area (Å²) in [5, 5.41) is 4.51. The molecule has 1 aliphatic heterocycles. The Morgan fingerprint density at radius 3 is 2.81 bits per heavy atom. The van der Waals surface area contributed by atoms with Crippen LogP contribution in [-0.2, 0) is 0 Å². The zero-order valence-corrected chi connectivity index (χ0v) is 14.4. The Balaban J connectivity index is 1.99. The molecule has 0 bridgehead atoms. The summed E-state index contributed by atoms with van der Waals surface area (Å²) in [7, 11) is 0. The summed E-state index contributed by atoms with van der Waals surface area (Å²) in [6, 6.07) is 8.70. The third-order valence-corrected chi connectivity index (χ3v) is 4.89. The summed E-state index contributed by atoms with van der Waals surface area (Å²) < 4.78 is 0. The monoisotopic (exact) mass is 308 g/mol. The Morgan fingerprint density at radius 1 is 1.38 bits per heavy atom. The summed E-state index contributed by atoms with van der Waals surface area (Å²) in [5.74, 6) is 0. The second-order valence-corrected chi connectivity index (χ2v) is 7.19. The lowest BCUT2D eigenvalue weighted by Crippen LogP contribution is -2.40. The first-order valence-electron chi connectivity index (χ1n) is 8.27. The van der Waals surface area contributed by atoms with Crippen LogP contribution in [0.5, 0.6) is 0 Å². The Kier molecular flexibility index (Phi) is 6.09. The van der Waals surface area contributed by atoms with Crippen molar-refractivity contribution in [1.29, 1.82) is 0 Å². The molecule has 2 rings (SSSR count). The van der Waals surface area contributed by atoms with Crippen LogP contribution in [-0.4, -0.2) is 30.1 Å². The highest BCUT2D eigenvalue weighted by Gasteiger charge is 2.31. The first kappa shape index (κ1) is 16.8. The number of hydrogen-bond donors (Lipinski definition) is 1. The predicted molar refractivity (Wildman–Crippen MR) is 92.0 cm³/mol. The van der Waals surface area contributed by atoms with Crippen molar-refractivity contribution in [2.75, 3.05) is 19.6 Å². The van der Waals surface area contributed by atoms with E-state index in [4.69, 9.17) is 11.6 Å². The quantitative estimate of drug-likeness (QED) is 0.789. The van der Waals surface area contributed by atoms with Gasteiger partial charge in [0.1, 0.15) is 0 Å². The van der Waals surface area contributed by atoms with Gasteiger partial charge in [-0.3, -0.25) is 4.90 Å². The average molecular weight is 309 g/mol. The highest BCUT2D eigenvalue weighted by Crippen LogP contribution is 2.30. The highest BCUT2D eigenvalue weighted by atomic mass is 35.5. The molecule has 21 heavy (non-hydrogen) atoms. The van der Waals surface area contributed by atoms with E-state index in [0.29, 0.717) is 11.6 Å². The highest BCUT2D eigenvalue weighted by molar-refractivity contribution is 6.30. The molecular formula is C18H29ClN2. The van der Waals surface area contributed by atoms with Crippen LogP contribution in [0.4, 0.5) is 0 Å². The number of hydrogen-bond acceptors (Lipinski definition) is 2. The molecule has 0 aromatic heterocycles. The summed E-state index contributed by atoms with van der Waals surface area (Å²) in [6.07, 6.45) is 4.95. The molecule has 1 aromatic carbocycles. The van der Waals surface area contributed by atoms with Crippen molar-refractivity contribution >= 4 is 11.6 Å². The van der Waals surface area contributed by atoms with Gasteiger partial charge < -0.3 is 5.32 Å². The molecule has 1 fully saturated rings. The van der Waals surface area contributed by atoms with E-state index >= 15 is 0 Å². The van der Waals surface area contributed by atoms with Crippen molar-refractivity contribution in [3.05, 3.63) is 34.9 Å². The van der Waals surface area contributed by atoms with Crippen LogP contribution in [0.25, 0.3) is 0 Å². The van der Waals surface area contributed by atoms with Crippen molar-refractivity contribution in [2.45, 2.75) is 58.0 Å². The van der Waals surface area contributed by atoms with Crippen LogP contribution < -0.4 is 5.32 Å². The number of nitrogens with one attached hydrogen (secondary N) is 1. The molecule has 3 heteroatoms. The Bertz CT molecular complexity index is 445. The normalized spacial score (nSPS) is 19.8. The van der Waals surface area contributed by atoms with Gasteiger partial charge in [-0.15, -0.1) is 0 Å². The van der Waals surface area contributed by atoms with Crippen molar-refractivity contribution in [1.82, 2.24) is 10.2 Å². The van der Waals surface area contributed by atoms with Gasteiger partial charge in [-0.05, 0) is 70.3 Å². The summed E-state index contributed by atoms with van der Waals surface area (Å²) in [6.45, 7) is 10.4. The van der Waals surface area contributed by atoms with E-state index in [1.54, 1.807) is 0 Å². The molecule has 1 atom stereocenters. The van der Waals surface area contributed by atoms with Gasteiger partial charge >= 0.3 is 0 Å². The van der Waals surface area contributed by atoms with Gasteiger partial charge in [0, 0.05) is 23.1 Å². The van der Waals surface area contributed by atoms with Crippen LogP contribution in [0.3, 0.4) is 0 Å². The first-order valence-corrected chi connectivity index (χ1v) is 8.64. The Labute approximate surface area is 134 Å². The van der Waals surface area contributed by atoms with Gasteiger partial charge in [0.05, 0.1) is 0 Å². The Morgan fingerprint density at radius 2 is 2.19 bits per heavy atom. The molecule has 1 saturated heterocycles. The summed E-state index contributed by atoms with van der Waals surface area (Å²) in [5.41, 5.74) is 1.68. The average Bonchev–Trinajstić information content (AvgIpc) is 2.78. The number of halogens is 1. The van der Waals surface area contributed by atoms with Gasteiger partial charge in [0.2, 0.25) is 0 Å². The molecule has 1 aromatic rings. The number of likely N-dealkylation sites (tertiary alicyclic amines) is 1. The van der Waals surface area contributed by atoms with Crippen LogP contribution in [0, 0.1) is 0 Å². The minimum atomic E-state index is 0.365. The number of benzene rings is 1. The summed E-state index contributed by atoms with van der Waals surface area (Å²) in [4.78, 5) is 2.64. The smallest absolute Gasteiger partial charge is 0.0409 e. The fourth-order valence-electron chi connectivity index (χ4n) is 3.29. The van der Waals surface area contributed by atoms with Gasteiger partial charge in [-0.25, -0.2) is 0 Å². The largest absolute Gasteiger partial charge is 0.310 e. The second-order valence-electron chi connectivity index (χ2n) is 6.75. The zero-order chi connectivity index (χ0) is 15.3. The van der Waals surface area contributed by atoms with Gasteiger partial charge in [0.15, 0.2) is 0 Å². The lowest BCUT2D eigenvalue weighted by Gasteiger charge is -2.33. The van der Waals surface area contributed by atoms with Crippen molar-refractivity contribution in [3.8, 4) is 0 Å². The maximum Gasteiger partial charge on any atom is 0.0409 e. The standard InChI is InChI=1S/C18H29ClN2/c1-4-11-20-17(15-7-5-8-16(19)14-15)9-13-21-12-6-10-18(21,2)3/h5,7-8,14,17,20H,4,6,9-13H2,1-3H3. The fourth-order valence-corrected chi connectivity index (χ4v) is 3.49. The van der Waals surface area contributed by atoms with E-state index < -0.39 is 0 Å². The van der Waals surface area contributed by atoms with Crippen molar-refractivity contribution < 1.29 is 0 Å². The maximum atomic E-state index is 6.16. The number of nitrogens with zero attached hydrogens (tertiary/aromatic N) is 1.